The summed E-state index contributed by atoms with van der Waals surface area (Å²) in [4.78, 5) is 23.7. The van der Waals surface area contributed by atoms with E-state index < -0.39 is 0 Å². The molecule has 0 saturated carbocycles. The lowest BCUT2D eigenvalue weighted by Gasteiger charge is -2.21. The Balaban J connectivity index is 1.83. The Morgan fingerprint density at radius 1 is 1.07 bits per heavy atom. The molecular formula is C24H28N4O. The molecule has 29 heavy (non-hydrogen) atoms. The van der Waals surface area contributed by atoms with Gasteiger partial charge in [-0.15, -0.1) is 0 Å². The molecule has 5 heteroatoms. The summed E-state index contributed by atoms with van der Waals surface area (Å²) >= 11 is 0. The first kappa shape index (κ1) is 20.5. The zero-order valence-electron chi connectivity index (χ0n) is 17.5. The normalized spacial score (nSPS) is 10.8. The van der Waals surface area contributed by atoms with Gasteiger partial charge in [-0.25, -0.2) is 9.97 Å². The maximum absolute atomic E-state index is 13.0. The van der Waals surface area contributed by atoms with Gasteiger partial charge in [0.1, 0.15) is 5.69 Å². The largest absolute Gasteiger partial charge is 0.333 e. The molecule has 0 atom stereocenters. The van der Waals surface area contributed by atoms with Crippen LogP contribution in [-0.4, -0.2) is 27.3 Å². The van der Waals surface area contributed by atoms with Crippen molar-refractivity contribution in [3.05, 3.63) is 83.2 Å². The molecule has 5 nitrogen and oxygen atoms in total. The quantitative estimate of drug-likeness (QED) is 0.595. The second-order valence-corrected chi connectivity index (χ2v) is 7.39. The smallest absolute Gasteiger partial charge is 0.272 e. The minimum atomic E-state index is -0.101. The molecule has 0 unspecified atom stereocenters. The summed E-state index contributed by atoms with van der Waals surface area (Å²) in [6.07, 6.45) is 1.63. The van der Waals surface area contributed by atoms with Gasteiger partial charge < -0.3 is 10.2 Å². The molecule has 2 aromatic carbocycles. The van der Waals surface area contributed by atoms with Crippen LogP contribution >= 0.6 is 0 Å². The van der Waals surface area contributed by atoms with Gasteiger partial charge in [-0.3, -0.25) is 4.79 Å². The zero-order valence-corrected chi connectivity index (χ0v) is 17.5. The molecule has 0 aliphatic carbocycles. The minimum absolute atomic E-state index is 0.101. The van der Waals surface area contributed by atoms with Crippen LogP contribution in [0.25, 0.3) is 0 Å². The summed E-state index contributed by atoms with van der Waals surface area (Å²) in [7, 11) is 0. The molecule has 0 fully saturated rings. The molecule has 1 aromatic heterocycles. The fourth-order valence-electron chi connectivity index (χ4n) is 3.29. The first-order valence-corrected chi connectivity index (χ1v) is 10.0. The van der Waals surface area contributed by atoms with Crippen molar-refractivity contribution >= 4 is 17.5 Å². The maximum Gasteiger partial charge on any atom is 0.272 e. The van der Waals surface area contributed by atoms with Crippen molar-refractivity contribution in [3.8, 4) is 0 Å². The van der Waals surface area contributed by atoms with Crippen LogP contribution in [0.2, 0.25) is 0 Å². The van der Waals surface area contributed by atoms with Gasteiger partial charge in [0, 0.05) is 25.0 Å². The highest BCUT2D eigenvalue weighted by Gasteiger charge is 2.17. The van der Waals surface area contributed by atoms with Gasteiger partial charge in [0.2, 0.25) is 5.95 Å². The first-order valence-electron chi connectivity index (χ1n) is 10.0. The summed E-state index contributed by atoms with van der Waals surface area (Å²) in [5, 5.41) is 3.33. The Hall–Kier alpha value is -3.21. The number of nitrogens with one attached hydrogen (secondary N) is 1. The molecule has 0 saturated heterocycles. The second kappa shape index (κ2) is 9.32. The Labute approximate surface area is 172 Å². The first-order chi connectivity index (χ1) is 14.0. The molecule has 0 radical (unpaired) electrons. The highest BCUT2D eigenvalue weighted by atomic mass is 16.2. The molecule has 3 aromatic rings. The number of benzene rings is 2. The van der Waals surface area contributed by atoms with Gasteiger partial charge in [0.25, 0.3) is 5.91 Å². The van der Waals surface area contributed by atoms with Crippen molar-refractivity contribution < 1.29 is 4.79 Å². The van der Waals surface area contributed by atoms with E-state index in [1.54, 1.807) is 17.2 Å². The van der Waals surface area contributed by atoms with Crippen molar-refractivity contribution in [3.63, 3.8) is 0 Å². The molecule has 1 N–H and O–H groups in total. The fraction of sp³-hybridized carbons (Fsp3) is 0.292. The number of nitrogens with zero attached hydrogens (tertiary/aromatic N) is 3. The number of carbonyl (C=O) groups excluding carboxylic acids is 1. The van der Waals surface area contributed by atoms with Gasteiger partial charge >= 0.3 is 0 Å². The van der Waals surface area contributed by atoms with Gasteiger partial charge in [0.15, 0.2) is 0 Å². The number of carbonyl (C=O) groups is 1. The van der Waals surface area contributed by atoms with Crippen molar-refractivity contribution in [2.75, 3.05) is 11.9 Å². The van der Waals surface area contributed by atoms with Crippen molar-refractivity contribution in [2.24, 2.45) is 0 Å². The number of anilines is 2. The average Bonchev–Trinajstić information content (AvgIpc) is 2.73. The van der Waals surface area contributed by atoms with Gasteiger partial charge in [-0.1, -0.05) is 62.4 Å². The van der Waals surface area contributed by atoms with Crippen LogP contribution in [0.1, 0.15) is 53.9 Å². The number of aromatic nitrogens is 2. The van der Waals surface area contributed by atoms with E-state index in [0.717, 1.165) is 16.8 Å². The zero-order chi connectivity index (χ0) is 20.8. The van der Waals surface area contributed by atoms with Crippen molar-refractivity contribution in [1.82, 2.24) is 14.9 Å². The standard InChI is InChI=1S/C24H28N4O/c1-5-28(16-19-11-7-6-8-12-19)23(29)21-14-15-25-24(26-21)27-22-18(4)10-9-13-20(22)17(2)3/h6-15,17H,5,16H2,1-4H3,(H,25,26,27). The lowest BCUT2D eigenvalue weighted by molar-refractivity contribution is 0.0746. The predicted octanol–water partition coefficient (Wildman–Crippen LogP) is 5.31. The van der Waals surface area contributed by atoms with Crippen LogP contribution in [0.5, 0.6) is 0 Å². The Kier molecular flexibility index (Phi) is 6.60. The molecule has 0 spiro atoms. The monoisotopic (exact) mass is 388 g/mol. The number of para-hydroxylation sites is 1. The number of aryl methyl sites for hydroxylation is 1. The van der Waals surface area contributed by atoms with Crippen molar-refractivity contribution in [1.29, 1.82) is 0 Å². The number of hydrogen-bond acceptors (Lipinski definition) is 4. The molecule has 1 amide bonds. The average molecular weight is 389 g/mol. The highest BCUT2D eigenvalue weighted by molar-refractivity contribution is 5.92. The third-order valence-corrected chi connectivity index (χ3v) is 4.92. The maximum atomic E-state index is 13.0. The van der Waals surface area contributed by atoms with E-state index in [0.29, 0.717) is 30.6 Å². The van der Waals surface area contributed by atoms with Crippen LogP contribution in [0.4, 0.5) is 11.6 Å². The van der Waals surface area contributed by atoms with E-state index in [2.05, 4.69) is 54.3 Å². The summed E-state index contributed by atoms with van der Waals surface area (Å²) in [5.41, 5.74) is 4.81. The Morgan fingerprint density at radius 3 is 2.52 bits per heavy atom. The van der Waals surface area contributed by atoms with Gasteiger partial charge in [-0.2, -0.15) is 0 Å². The molecular weight excluding hydrogens is 360 g/mol. The van der Waals surface area contributed by atoms with Crippen LogP contribution in [0, 0.1) is 6.92 Å². The summed E-state index contributed by atoms with van der Waals surface area (Å²) in [6.45, 7) is 9.51. The molecule has 0 aliphatic rings. The minimum Gasteiger partial charge on any atom is -0.333 e. The summed E-state index contributed by atoms with van der Waals surface area (Å²) < 4.78 is 0. The van der Waals surface area contributed by atoms with Crippen LogP contribution in [0.3, 0.4) is 0 Å². The number of rotatable bonds is 7. The predicted molar refractivity (Wildman–Crippen MR) is 117 cm³/mol. The van der Waals surface area contributed by atoms with E-state index >= 15 is 0 Å². The van der Waals surface area contributed by atoms with E-state index in [1.807, 2.05) is 37.3 Å². The Morgan fingerprint density at radius 2 is 1.83 bits per heavy atom. The molecule has 1 heterocycles. The van der Waals surface area contributed by atoms with Crippen molar-refractivity contribution in [2.45, 2.75) is 40.2 Å². The SMILES string of the molecule is CCN(Cc1ccccc1)C(=O)c1ccnc(Nc2c(C)cccc2C(C)C)n1. The topological polar surface area (TPSA) is 58.1 Å². The van der Waals surface area contributed by atoms with Gasteiger partial charge in [0.05, 0.1) is 0 Å². The van der Waals surface area contributed by atoms with Crippen LogP contribution in [0.15, 0.2) is 60.8 Å². The van der Waals surface area contributed by atoms with E-state index in [1.165, 1.54) is 5.56 Å². The van der Waals surface area contributed by atoms with Crippen LogP contribution in [-0.2, 0) is 6.54 Å². The third-order valence-electron chi connectivity index (χ3n) is 4.92. The van der Waals surface area contributed by atoms with E-state index in [9.17, 15) is 4.79 Å². The van der Waals surface area contributed by atoms with E-state index in [-0.39, 0.29) is 5.91 Å². The highest BCUT2D eigenvalue weighted by Crippen LogP contribution is 2.29. The summed E-state index contributed by atoms with van der Waals surface area (Å²) in [6, 6.07) is 17.9. The lowest BCUT2D eigenvalue weighted by Crippen LogP contribution is -2.31. The number of amides is 1. The molecule has 3 rings (SSSR count). The van der Waals surface area contributed by atoms with E-state index in [4.69, 9.17) is 0 Å². The molecule has 0 aliphatic heterocycles. The number of hydrogen-bond donors (Lipinski definition) is 1. The third kappa shape index (κ3) is 4.99. The molecule has 0 bridgehead atoms. The molecule has 150 valence electrons. The second-order valence-electron chi connectivity index (χ2n) is 7.39. The summed E-state index contributed by atoms with van der Waals surface area (Å²) in [5.74, 6) is 0.696. The van der Waals surface area contributed by atoms with Gasteiger partial charge in [-0.05, 0) is 42.5 Å². The lowest BCUT2D eigenvalue weighted by atomic mass is 9.98. The van der Waals surface area contributed by atoms with Crippen LogP contribution < -0.4 is 5.32 Å². The fourth-order valence-corrected chi connectivity index (χ4v) is 3.29. The Bertz CT molecular complexity index is 970.